The molecule has 0 spiro atoms. The van der Waals surface area contributed by atoms with Crippen molar-refractivity contribution in [2.24, 2.45) is 0 Å². The molecule has 0 aliphatic heterocycles. The van der Waals surface area contributed by atoms with Crippen molar-refractivity contribution in [2.45, 2.75) is 25.5 Å². The van der Waals surface area contributed by atoms with Crippen LogP contribution in [0.2, 0.25) is 5.02 Å². The van der Waals surface area contributed by atoms with Gasteiger partial charge in [0.2, 0.25) is 0 Å². The van der Waals surface area contributed by atoms with Crippen LogP contribution >= 0.6 is 11.6 Å². The standard InChI is InChI=1S/C40H35ClN2O5/c41-32-18-21-36-35(26-32)34(23-25-47-33-19-16-31(17-20-33)39(44)45)37(22-24-42-40(46)48-27-28-10-4-1-5-11-28)43(36)38(29-12-6-2-7-13-29)30-14-8-3-9-15-30/h1-21,26,38H,22-25,27H2,(H,42,46)(H,44,45). The normalized spacial score (nSPS) is 11.0. The molecule has 0 aliphatic carbocycles. The van der Waals surface area contributed by atoms with Crippen LogP contribution in [0.1, 0.15) is 44.3 Å². The van der Waals surface area contributed by atoms with E-state index in [4.69, 9.17) is 21.1 Å². The molecule has 0 atom stereocenters. The molecule has 8 heteroatoms. The van der Waals surface area contributed by atoms with Crippen LogP contribution < -0.4 is 10.1 Å². The number of hydrogen-bond acceptors (Lipinski definition) is 4. The van der Waals surface area contributed by atoms with Gasteiger partial charge in [-0.1, -0.05) is 103 Å². The van der Waals surface area contributed by atoms with Crippen molar-refractivity contribution in [3.05, 3.63) is 172 Å². The molecule has 1 heterocycles. The molecule has 48 heavy (non-hydrogen) atoms. The van der Waals surface area contributed by atoms with Gasteiger partial charge in [-0.3, -0.25) is 0 Å². The predicted molar refractivity (Wildman–Crippen MR) is 188 cm³/mol. The quantitative estimate of drug-likeness (QED) is 0.130. The summed E-state index contributed by atoms with van der Waals surface area (Å²) in [5, 5.41) is 13.8. The van der Waals surface area contributed by atoms with E-state index in [1.165, 1.54) is 12.1 Å². The highest BCUT2D eigenvalue weighted by Gasteiger charge is 2.25. The zero-order valence-corrected chi connectivity index (χ0v) is 27.0. The van der Waals surface area contributed by atoms with Gasteiger partial charge in [0, 0.05) is 41.0 Å². The smallest absolute Gasteiger partial charge is 0.407 e. The Morgan fingerprint density at radius 2 is 1.40 bits per heavy atom. The number of amides is 1. The van der Waals surface area contributed by atoms with Gasteiger partial charge in [0.15, 0.2) is 0 Å². The highest BCUT2D eigenvalue weighted by Crippen LogP contribution is 2.37. The summed E-state index contributed by atoms with van der Waals surface area (Å²) in [5.41, 5.74) is 6.47. The number of hydrogen-bond donors (Lipinski definition) is 2. The number of rotatable bonds is 13. The molecular weight excluding hydrogens is 624 g/mol. The molecule has 0 bridgehead atoms. The third-order valence-electron chi connectivity index (χ3n) is 8.24. The molecule has 0 aliphatic rings. The molecule has 1 amide bonds. The number of fused-ring (bicyclic) bond motifs is 1. The van der Waals surface area contributed by atoms with Crippen LogP contribution in [0.3, 0.4) is 0 Å². The molecule has 0 fully saturated rings. The minimum atomic E-state index is -0.986. The first-order valence-corrected chi connectivity index (χ1v) is 16.2. The number of ether oxygens (including phenoxy) is 2. The number of nitrogens with one attached hydrogen (secondary N) is 1. The van der Waals surface area contributed by atoms with Gasteiger partial charge >= 0.3 is 12.1 Å². The second-order valence-electron chi connectivity index (χ2n) is 11.3. The third-order valence-corrected chi connectivity index (χ3v) is 8.47. The molecule has 242 valence electrons. The monoisotopic (exact) mass is 658 g/mol. The molecule has 0 saturated heterocycles. The Hall–Kier alpha value is -5.53. The second-order valence-corrected chi connectivity index (χ2v) is 11.8. The van der Waals surface area contributed by atoms with Crippen molar-refractivity contribution >= 4 is 34.6 Å². The van der Waals surface area contributed by atoms with Crippen LogP contribution in [0.15, 0.2) is 133 Å². The van der Waals surface area contributed by atoms with E-state index in [-0.39, 0.29) is 18.2 Å². The summed E-state index contributed by atoms with van der Waals surface area (Å²) in [7, 11) is 0. The summed E-state index contributed by atoms with van der Waals surface area (Å²) >= 11 is 6.61. The lowest BCUT2D eigenvalue weighted by atomic mass is 9.97. The van der Waals surface area contributed by atoms with E-state index in [9.17, 15) is 14.7 Å². The summed E-state index contributed by atoms with van der Waals surface area (Å²) in [6, 6.07) is 42.5. The van der Waals surface area contributed by atoms with Crippen LogP contribution in [-0.2, 0) is 24.2 Å². The van der Waals surface area contributed by atoms with Crippen LogP contribution in [0.25, 0.3) is 10.9 Å². The number of halogens is 1. The molecule has 6 rings (SSSR count). The van der Waals surface area contributed by atoms with Crippen LogP contribution in [0.4, 0.5) is 4.79 Å². The molecule has 1 aromatic heterocycles. The SMILES string of the molecule is O=C(NCCc1c(CCOc2ccc(C(=O)O)cc2)c2cc(Cl)ccc2n1C(c1ccccc1)c1ccccc1)OCc1ccccc1. The molecule has 6 aromatic rings. The molecule has 0 unspecified atom stereocenters. The number of alkyl carbamates (subject to hydrolysis) is 1. The first-order valence-electron chi connectivity index (χ1n) is 15.8. The van der Waals surface area contributed by atoms with Crippen molar-refractivity contribution < 1.29 is 24.2 Å². The first-order chi connectivity index (χ1) is 23.5. The van der Waals surface area contributed by atoms with Crippen LogP contribution in [-0.4, -0.2) is 34.9 Å². The molecule has 0 saturated carbocycles. The van der Waals surface area contributed by atoms with Crippen molar-refractivity contribution in [3.63, 3.8) is 0 Å². The number of aromatic carboxylic acids is 1. The Morgan fingerprint density at radius 3 is 2.02 bits per heavy atom. The van der Waals surface area contributed by atoms with Gasteiger partial charge in [-0.05, 0) is 64.7 Å². The number of carbonyl (C=O) groups is 2. The number of carbonyl (C=O) groups excluding carboxylic acids is 1. The zero-order valence-electron chi connectivity index (χ0n) is 26.2. The fourth-order valence-corrected chi connectivity index (χ4v) is 6.21. The maximum Gasteiger partial charge on any atom is 0.407 e. The predicted octanol–water partition coefficient (Wildman–Crippen LogP) is 8.72. The Balaban J connectivity index is 1.36. The van der Waals surface area contributed by atoms with E-state index < -0.39 is 12.1 Å². The zero-order chi connectivity index (χ0) is 33.3. The van der Waals surface area contributed by atoms with Gasteiger partial charge in [-0.15, -0.1) is 0 Å². The van der Waals surface area contributed by atoms with Crippen molar-refractivity contribution in [1.29, 1.82) is 0 Å². The van der Waals surface area contributed by atoms with Gasteiger partial charge in [0.25, 0.3) is 0 Å². The van der Waals surface area contributed by atoms with E-state index in [2.05, 4.69) is 40.2 Å². The van der Waals surface area contributed by atoms with E-state index in [1.807, 2.05) is 78.9 Å². The maximum atomic E-state index is 12.8. The Bertz CT molecular complexity index is 1940. The van der Waals surface area contributed by atoms with Crippen molar-refractivity contribution in [3.8, 4) is 5.75 Å². The lowest BCUT2D eigenvalue weighted by Gasteiger charge is -2.25. The Morgan fingerprint density at radius 1 is 0.771 bits per heavy atom. The topological polar surface area (TPSA) is 89.8 Å². The van der Waals surface area contributed by atoms with E-state index in [1.54, 1.807) is 12.1 Å². The largest absolute Gasteiger partial charge is 0.493 e. The molecule has 0 radical (unpaired) electrons. The van der Waals surface area contributed by atoms with Gasteiger partial charge in [0.1, 0.15) is 12.4 Å². The van der Waals surface area contributed by atoms with E-state index in [0.29, 0.717) is 36.8 Å². The van der Waals surface area contributed by atoms with Crippen molar-refractivity contribution in [1.82, 2.24) is 9.88 Å². The lowest BCUT2D eigenvalue weighted by molar-refractivity contribution is 0.0696. The van der Waals surface area contributed by atoms with Gasteiger partial charge < -0.3 is 24.5 Å². The molecule has 2 N–H and O–H groups in total. The number of benzene rings is 5. The lowest BCUT2D eigenvalue weighted by Crippen LogP contribution is -2.28. The minimum absolute atomic E-state index is 0.158. The van der Waals surface area contributed by atoms with Gasteiger partial charge in [0.05, 0.1) is 18.2 Å². The highest BCUT2D eigenvalue weighted by atomic mass is 35.5. The summed E-state index contributed by atoms with van der Waals surface area (Å²) in [4.78, 5) is 24.1. The number of aromatic nitrogens is 1. The number of carboxylic acids is 1. The minimum Gasteiger partial charge on any atom is -0.493 e. The second kappa shape index (κ2) is 15.4. The molecule has 5 aromatic carbocycles. The van der Waals surface area contributed by atoms with E-state index >= 15 is 0 Å². The first kappa shape index (κ1) is 32.4. The molecule has 7 nitrogen and oxygen atoms in total. The summed E-state index contributed by atoms with van der Waals surface area (Å²) in [6.45, 7) is 0.878. The van der Waals surface area contributed by atoms with Crippen LogP contribution in [0, 0.1) is 0 Å². The summed E-state index contributed by atoms with van der Waals surface area (Å²) in [5.74, 6) is -0.405. The fraction of sp³-hybridized carbons (Fsp3) is 0.150. The Labute approximate surface area is 284 Å². The molecular formula is C40H35ClN2O5. The average Bonchev–Trinajstić information content (AvgIpc) is 3.40. The highest BCUT2D eigenvalue weighted by molar-refractivity contribution is 6.31. The summed E-state index contributed by atoms with van der Waals surface area (Å²) in [6.07, 6.45) is 0.585. The fourth-order valence-electron chi connectivity index (χ4n) is 6.03. The van der Waals surface area contributed by atoms with Crippen molar-refractivity contribution in [2.75, 3.05) is 13.2 Å². The van der Waals surface area contributed by atoms with E-state index in [0.717, 1.165) is 38.9 Å². The number of carboxylic acid groups (broad SMARTS) is 1. The maximum absolute atomic E-state index is 12.8. The Kier molecular flexibility index (Phi) is 10.4. The van der Waals surface area contributed by atoms with Gasteiger partial charge in [-0.25, -0.2) is 9.59 Å². The number of nitrogens with zero attached hydrogens (tertiary/aromatic N) is 1. The summed E-state index contributed by atoms with van der Waals surface area (Å²) < 4.78 is 14.0. The third kappa shape index (κ3) is 7.70. The van der Waals surface area contributed by atoms with Gasteiger partial charge in [-0.2, -0.15) is 0 Å². The van der Waals surface area contributed by atoms with Crippen LogP contribution in [0.5, 0.6) is 5.75 Å². The average molecular weight is 659 g/mol.